The summed E-state index contributed by atoms with van der Waals surface area (Å²) in [6.45, 7) is 7.07. The maximum atomic E-state index is 13.3. The molecule has 2 aromatic carbocycles. The quantitative estimate of drug-likeness (QED) is 0.612. The molecule has 0 radical (unpaired) electrons. The van der Waals surface area contributed by atoms with E-state index < -0.39 is 35.7 Å². The van der Waals surface area contributed by atoms with Crippen molar-refractivity contribution in [1.29, 1.82) is 0 Å². The first-order valence-corrected chi connectivity index (χ1v) is 10.6. The molecular weight excluding hydrogens is 408 g/mol. The van der Waals surface area contributed by atoms with Crippen molar-refractivity contribution in [1.82, 2.24) is 10.6 Å². The van der Waals surface area contributed by atoms with E-state index in [-0.39, 0.29) is 12.3 Å². The molecule has 2 rings (SSSR count). The van der Waals surface area contributed by atoms with Gasteiger partial charge in [0.2, 0.25) is 5.91 Å². The number of benzene rings is 2. The molecule has 7 nitrogen and oxygen atoms in total. The maximum Gasteiger partial charge on any atom is 0.408 e. The maximum absolute atomic E-state index is 13.3. The molecule has 172 valence electrons. The van der Waals surface area contributed by atoms with Crippen LogP contribution in [0.4, 0.5) is 4.79 Å². The number of alkyl carbamates (subject to hydrolysis) is 1. The Morgan fingerprint density at radius 3 is 2.00 bits per heavy atom. The van der Waals surface area contributed by atoms with Crippen molar-refractivity contribution < 1.29 is 23.9 Å². The van der Waals surface area contributed by atoms with Gasteiger partial charge in [0, 0.05) is 12.3 Å². The normalized spacial score (nSPS) is 13.9. The first-order valence-electron chi connectivity index (χ1n) is 10.6. The van der Waals surface area contributed by atoms with Gasteiger partial charge in [0.05, 0.1) is 7.11 Å². The van der Waals surface area contributed by atoms with Crippen LogP contribution in [0.25, 0.3) is 0 Å². The number of nitrogens with one attached hydrogen (secondary N) is 2. The predicted octanol–water partition coefficient (Wildman–Crippen LogP) is 3.58. The number of ether oxygens (including phenoxy) is 2. The van der Waals surface area contributed by atoms with Crippen LogP contribution in [-0.4, -0.2) is 42.8 Å². The molecule has 0 aromatic heterocycles. The summed E-state index contributed by atoms with van der Waals surface area (Å²) in [5, 5.41) is 5.42. The van der Waals surface area contributed by atoms with Crippen LogP contribution in [0.3, 0.4) is 0 Å². The molecule has 7 heteroatoms. The van der Waals surface area contributed by atoms with Gasteiger partial charge < -0.3 is 20.1 Å². The third-order valence-corrected chi connectivity index (χ3v) is 4.86. The Balaban J connectivity index is 2.25. The Kier molecular flexibility index (Phi) is 8.81. The largest absolute Gasteiger partial charge is 0.467 e. The fourth-order valence-corrected chi connectivity index (χ4v) is 3.25. The smallest absolute Gasteiger partial charge is 0.408 e. The van der Waals surface area contributed by atoms with Gasteiger partial charge in [0.25, 0.3) is 0 Å². The lowest BCUT2D eigenvalue weighted by Crippen LogP contribution is -2.54. The molecule has 2 N–H and O–H groups in total. The molecule has 0 bridgehead atoms. The van der Waals surface area contributed by atoms with Crippen molar-refractivity contribution in [3.63, 3.8) is 0 Å². The molecule has 0 aliphatic heterocycles. The van der Waals surface area contributed by atoms with Gasteiger partial charge in [-0.05, 0) is 31.9 Å². The fraction of sp³-hybridized carbons (Fsp3) is 0.400. The topological polar surface area (TPSA) is 93.7 Å². The van der Waals surface area contributed by atoms with Crippen molar-refractivity contribution in [3.8, 4) is 0 Å². The summed E-state index contributed by atoms with van der Waals surface area (Å²) >= 11 is 0. The molecule has 3 atom stereocenters. The summed E-state index contributed by atoms with van der Waals surface area (Å²) in [6, 6.07) is 16.8. The van der Waals surface area contributed by atoms with Gasteiger partial charge in [0.15, 0.2) is 0 Å². The Hall–Kier alpha value is -3.35. The van der Waals surface area contributed by atoms with Crippen molar-refractivity contribution in [2.45, 2.75) is 57.7 Å². The Morgan fingerprint density at radius 1 is 0.906 bits per heavy atom. The SMILES string of the molecule is COC(=O)[C@@H](Cc1ccccc1)NC(=O)[C@H](NC(=O)OC(C)(C)C)[C@H](C)c1ccccc1. The van der Waals surface area contributed by atoms with E-state index in [0.29, 0.717) is 0 Å². The first-order chi connectivity index (χ1) is 15.1. The highest BCUT2D eigenvalue weighted by atomic mass is 16.6. The zero-order valence-corrected chi connectivity index (χ0v) is 19.3. The lowest BCUT2D eigenvalue weighted by Gasteiger charge is -2.28. The second-order valence-corrected chi connectivity index (χ2v) is 8.60. The average Bonchev–Trinajstić information content (AvgIpc) is 2.76. The number of hydrogen-bond acceptors (Lipinski definition) is 5. The average molecular weight is 441 g/mol. The highest BCUT2D eigenvalue weighted by Gasteiger charge is 2.33. The zero-order chi connectivity index (χ0) is 23.7. The van der Waals surface area contributed by atoms with Crippen LogP contribution in [0.2, 0.25) is 0 Å². The molecule has 32 heavy (non-hydrogen) atoms. The van der Waals surface area contributed by atoms with Gasteiger partial charge in [0.1, 0.15) is 17.7 Å². The molecule has 0 aliphatic carbocycles. The zero-order valence-electron chi connectivity index (χ0n) is 19.3. The van der Waals surface area contributed by atoms with Gasteiger partial charge >= 0.3 is 12.1 Å². The van der Waals surface area contributed by atoms with Crippen LogP contribution >= 0.6 is 0 Å². The second-order valence-electron chi connectivity index (χ2n) is 8.60. The number of hydrogen-bond donors (Lipinski definition) is 2. The van der Waals surface area contributed by atoms with Crippen LogP contribution in [0.15, 0.2) is 60.7 Å². The number of carbonyl (C=O) groups is 3. The van der Waals surface area contributed by atoms with E-state index in [2.05, 4.69) is 10.6 Å². The Labute approximate surface area is 189 Å². The molecule has 0 fully saturated rings. The van der Waals surface area contributed by atoms with Gasteiger partial charge in [-0.3, -0.25) is 4.79 Å². The van der Waals surface area contributed by atoms with Gasteiger partial charge in [-0.2, -0.15) is 0 Å². The number of esters is 1. The highest BCUT2D eigenvalue weighted by molar-refractivity contribution is 5.90. The monoisotopic (exact) mass is 440 g/mol. The van der Waals surface area contributed by atoms with Crippen molar-refractivity contribution in [3.05, 3.63) is 71.8 Å². The highest BCUT2D eigenvalue weighted by Crippen LogP contribution is 2.20. The van der Waals surface area contributed by atoms with E-state index in [1.165, 1.54) is 7.11 Å². The standard InChI is InChI=1S/C25H32N2O5/c1-17(19-14-10-7-11-15-19)21(27-24(30)32-25(2,3)4)22(28)26-20(23(29)31-5)16-18-12-8-6-9-13-18/h6-15,17,20-21H,16H2,1-5H3,(H,26,28)(H,27,30)/t17-,20-,21-/m1/s1. The van der Waals surface area contributed by atoms with E-state index in [4.69, 9.17) is 9.47 Å². The van der Waals surface area contributed by atoms with Gasteiger partial charge in [-0.15, -0.1) is 0 Å². The van der Waals surface area contributed by atoms with E-state index in [1.807, 2.05) is 67.6 Å². The summed E-state index contributed by atoms with van der Waals surface area (Å²) in [7, 11) is 1.27. The Bertz CT molecular complexity index is 894. The van der Waals surface area contributed by atoms with E-state index in [9.17, 15) is 14.4 Å². The summed E-state index contributed by atoms with van der Waals surface area (Å²) in [5.74, 6) is -1.44. The molecule has 0 unspecified atom stereocenters. The minimum atomic E-state index is -0.963. The van der Waals surface area contributed by atoms with Gasteiger partial charge in [-0.1, -0.05) is 67.6 Å². The fourth-order valence-electron chi connectivity index (χ4n) is 3.25. The van der Waals surface area contributed by atoms with Crippen LogP contribution in [0, 0.1) is 0 Å². The summed E-state index contributed by atoms with van der Waals surface area (Å²) in [5.41, 5.74) is 1.01. The van der Waals surface area contributed by atoms with E-state index in [0.717, 1.165) is 11.1 Å². The molecule has 0 saturated heterocycles. The van der Waals surface area contributed by atoms with E-state index >= 15 is 0 Å². The van der Waals surface area contributed by atoms with Gasteiger partial charge in [-0.25, -0.2) is 9.59 Å². The lowest BCUT2D eigenvalue weighted by molar-refractivity contribution is -0.145. The molecule has 0 aliphatic rings. The third kappa shape index (κ3) is 7.72. The molecule has 0 saturated carbocycles. The number of carbonyl (C=O) groups excluding carboxylic acids is 3. The summed E-state index contributed by atoms with van der Waals surface area (Å²) in [6.07, 6.45) is -0.448. The van der Waals surface area contributed by atoms with E-state index in [1.54, 1.807) is 20.8 Å². The predicted molar refractivity (Wildman–Crippen MR) is 122 cm³/mol. The Morgan fingerprint density at radius 2 is 1.47 bits per heavy atom. The van der Waals surface area contributed by atoms with Crippen molar-refractivity contribution in [2.75, 3.05) is 7.11 Å². The molecule has 0 heterocycles. The van der Waals surface area contributed by atoms with Crippen LogP contribution < -0.4 is 10.6 Å². The minimum absolute atomic E-state index is 0.262. The van der Waals surface area contributed by atoms with Crippen LogP contribution in [0.1, 0.15) is 44.7 Å². The molecular formula is C25H32N2O5. The van der Waals surface area contributed by atoms with Crippen LogP contribution in [-0.2, 0) is 25.5 Å². The molecule has 0 spiro atoms. The third-order valence-electron chi connectivity index (χ3n) is 4.86. The summed E-state index contributed by atoms with van der Waals surface area (Å²) < 4.78 is 10.2. The van der Waals surface area contributed by atoms with Crippen molar-refractivity contribution in [2.24, 2.45) is 0 Å². The number of rotatable bonds is 8. The molecule has 2 amide bonds. The summed E-state index contributed by atoms with van der Waals surface area (Å²) in [4.78, 5) is 38.1. The lowest BCUT2D eigenvalue weighted by atomic mass is 9.92. The minimum Gasteiger partial charge on any atom is -0.467 e. The van der Waals surface area contributed by atoms with Crippen molar-refractivity contribution >= 4 is 18.0 Å². The number of amides is 2. The van der Waals surface area contributed by atoms with Crippen LogP contribution in [0.5, 0.6) is 0 Å². The number of methoxy groups -OCH3 is 1. The first kappa shape index (κ1) is 24.9. The molecule has 2 aromatic rings. The second kappa shape index (κ2) is 11.3.